The summed E-state index contributed by atoms with van der Waals surface area (Å²) < 4.78 is 0. The topological polar surface area (TPSA) is 62.3 Å². The first-order chi connectivity index (χ1) is 11.5. The summed E-state index contributed by atoms with van der Waals surface area (Å²) in [6.45, 7) is 0.942. The molecule has 1 aromatic carbocycles. The summed E-state index contributed by atoms with van der Waals surface area (Å²) in [5.74, 6) is -0.483. The van der Waals surface area contributed by atoms with Crippen LogP contribution in [0.15, 0.2) is 48.8 Å². The maximum atomic E-state index is 12.1. The molecule has 5 nitrogen and oxygen atoms in total. The number of hydrogen-bond donors (Lipinski definition) is 1. The molecule has 6 heteroatoms. The first-order valence-electron chi connectivity index (χ1n) is 7.68. The van der Waals surface area contributed by atoms with Crippen LogP contribution in [0.4, 0.5) is 0 Å². The Morgan fingerprint density at radius 1 is 1.08 bits per heavy atom. The minimum Gasteiger partial charge on any atom is -0.352 e. The molecule has 0 saturated carbocycles. The Morgan fingerprint density at radius 3 is 2.42 bits per heavy atom. The SMILES string of the molecule is CN(CCc1ccncc1)C(=O)CC(=O)NCc1ccc(Cl)cc1. The van der Waals surface area contributed by atoms with E-state index in [1.165, 1.54) is 0 Å². The van der Waals surface area contributed by atoms with Crippen LogP contribution in [0.5, 0.6) is 0 Å². The number of carbonyl (C=O) groups excluding carboxylic acids is 2. The minimum absolute atomic E-state index is 0.152. The van der Waals surface area contributed by atoms with Gasteiger partial charge in [-0.25, -0.2) is 0 Å². The molecule has 0 aliphatic carbocycles. The van der Waals surface area contributed by atoms with Crippen LogP contribution in [0, 0.1) is 0 Å². The van der Waals surface area contributed by atoms with Crippen molar-refractivity contribution >= 4 is 23.4 Å². The zero-order chi connectivity index (χ0) is 17.4. The third-order valence-corrected chi connectivity index (χ3v) is 3.88. The van der Waals surface area contributed by atoms with Gasteiger partial charge in [0.1, 0.15) is 6.42 Å². The van der Waals surface area contributed by atoms with Gasteiger partial charge in [-0.15, -0.1) is 0 Å². The van der Waals surface area contributed by atoms with Crippen molar-refractivity contribution in [2.24, 2.45) is 0 Å². The van der Waals surface area contributed by atoms with E-state index in [0.29, 0.717) is 18.1 Å². The Kier molecular flexibility index (Phi) is 6.75. The summed E-state index contributed by atoms with van der Waals surface area (Å²) in [5, 5.41) is 3.39. The molecule has 0 aliphatic heterocycles. The molecule has 1 N–H and O–H groups in total. The Hall–Kier alpha value is -2.40. The van der Waals surface area contributed by atoms with Gasteiger partial charge >= 0.3 is 0 Å². The van der Waals surface area contributed by atoms with E-state index >= 15 is 0 Å². The molecule has 0 bridgehead atoms. The van der Waals surface area contributed by atoms with Gasteiger partial charge < -0.3 is 10.2 Å². The van der Waals surface area contributed by atoms with Crippen LogP contribution in [-0.4, -0.2) is 35.3 Å². The molecule has 0 fully saturated rings. The first-order valence-corrected chi connectivity index (χ1v) is 8.06. The average Bonchev–Trinajstić information content (AvgIpc) is 2.60. The van der Waals surface area contributed by atoms with E-state index in [2.05, 4.69) is 10.3 Å². The monoisotopic (exact) mass is 345 g/mol. The molecule has 2 rings (SSSR count). The van der Waals surface area contributed by atoms with E-state index < -0.39 is 0 Å². The van der Waals surface area contributed by atoms with Crippen molar-refractivity contribution in [3.63, 3.8) is 0 Å². The Morgan fingerprint density at radius 2 is 1.75 bits per heavy atom. The van der Waals surface area contributed by atoms with Crippen LogP contribution in [0.25, 0.3) is 0 Å². The molecular weight excluding hydrogens is 326 g/mol. The fourth-order valence-electron chi connectivity index (χ4n) is 2.11. The predicted molar refractivity (Wildman–Crippen MR) is 93.5 cm³/mol. The summed E-state index contributed by atoms with van der Waals surface area (Å²) in [4.78, 5) is 29.5. The summed E-state index contributed by atoms with van der Waals surface area (Å²) in [6.07, 6.45) is 4.03. The largest absolute Gasteiger partial charge is 0.352 e. The second-order valence-corrected chi connectivity index (χ2v) is 5.94. The molecule has 0 aliphatic rings. The average molecular weight is 346 g/mol. The number of likely N-dealkylation sites (N-methyl/N-ethyl adjacent to an activating group) is 1. The van der Waals surface area contributed by atoms with Gasteiger partial charge in [0, 0.05) is 37.6 Å². The lowest BCUT2D eigenvalue weighted by Gasteiger charge is -2.17. The summed E-state index contributed by atoms with van der Waals surface area (Å²) in [5.41, 5.74) is 2.04. The number of benzene rings is 1. The highest BCUT2D eigenvalue weighted by Crippen LogP contribution is 2.09. The molecule has 0 saturated heterocycles. The molecular formula is C18H20ClN3O2. The molecule has 126 valence electrons. The van der Waals surface area contributed by atoms with Crippen LogP contribution in [-0.2, 0) is 22.6 Å². The number of carbonyl (C=O) groups is 2. The summed E-state index contributed by atoms with van der Waals surface area (Å²) >= 11 is 5.81. The van der Waals surface area contributed by atoms with Crippen LogP contribution in [0.2, 0.25) is 5.02 Å². The van der Waals surface area contributed by atoms with Gasteiger partial charge in [0.25, 0.3) is 0 Å². The molecule has 2 aromatic rings. The Bertz CT molecular complexity index is 674. The Labute approximate surface area is 146 Å². The molecule has 2 amide bonds. The van der Waals surface area contributed by atoms with Crippen molar-refractivity contribution in [2.45, 2.75) is 19.4 Å². The van der Waals surface area contributed by atoms with Crippen molar-refractivity contribution in [3.05, 3.63) is 64.9 Å². The molecule has 0 radical (unpaired) electrons. The van der Waals surface area contributed by atoms with E-state index in [-0.39, 0.29) is 18.2 Å². The van der Waals surface area contributed by atoms with Crippen molar-refractivity contribution in [2.75, 3.05) is 13.6 Å². The number of nitrogens with zero attached hydrogens (tertiary/aromatic N) is 2. The Balaban J connectivity index is 1.72. The zero-order valence-corrected chi connectivity index (χ0v) is 14.3. The molecule has 0 atom stereocenters. The quantitative estimate of drug-likeness (QED) is 0.784. The first kappa shape index (κ1) is 17.9. The number of aromatic nitrogens is 1. The summed E-state index contributed by atoms with van der Waals surface area (Å²) in [6, 6.07) is 11.0. The highest BCUT2D eigenvalue weighted by Gasteiger charge is 2.13. The number of pyridine rings is 1. The number of hydrogen-bond acceptors (Lipinski definition) is 3. The van der Waals surface area contributed by atoms with Crippen molar-refractivity contribution in [1.82, 2.24) is 15.2 Å². The molecule has 0 unspecified atom stereocenters. The third kappa shape index (κ3) is 6.01. The summed E-state index contributed by atoms with van der Waals surface area (Å²) in [7, 11) is 1.70. The molecule has 24 heavy (non-hydrogen) atoms. The van der Waals surface area contributed by atoms with Crippen LogP contribution in [0.1, 0.15) is 17.5 Å². The standard InChI is InChI=1S/C18H20ClN3O2/c1-22(11-8-14-6-9-20-10-7-14)18(24)12-17(23)21-13-15-2-4-16(19)5-3-15/h2-7,9-10H,8,11-13H2,1H3,(H,21,23). The lowest BCUT2D eigenvalue weighted by molar-refractivity contribution is -0.135. The maximum Gasteiger partial charge on any atom is 0.231 e. The third-order valence-electron chi connectivity index (χ3n) is 3.63. The predicted octanol–water partition coefficient (Wildman–Crippen LogP) is 2.44. The smallest absolute Gasteiger partial charge is 0.231 e. The normalized spacial score (nSPS) is 10.2. The van der Waals surface area contributed by atoms with Crippen LogP contribution in [0.3, 0.4) is 0 Å². The second-order valence-electron chi connectivity index (χ2n) is 5.50. The van der Waals surface area contributed by atoms with Crippen molar-refractivity contribution in [3.8, 4) is 0 Å². The molecule has 1 aromatic heterocycles. The zero-order valence-electron chi connectivity index (χ0n) is 13.5. The van der Waals surface area contributed by atoms with Crippen molar-refractivity contribution < 1.29 is 9.59 Å². The lowest BCUT2D eigenvalue weighted by Crippen LogP contribution is -2.34. The van der Waals surface area contributed by atoms with Gasteiger partial charge in [-0.1, -0.05) is 23.7 Å². The second kappa shape index (κ2) is 9.03. The van der Waals surface area contributed by atoms with Gasteiger partial charge in [0.15, 0.2) is 0 Å². The number of nitrogens with one attached hydrogen (secondary N) is 1. The number of amides is 2. The fraction of sp³-hybridized carbons (Fsp3) is 0.278. The van der Waals surface area contributed by atoms with Gasteiger partial charge in [0.2, 0.25) is 11.8 Å². The van der Waals surface area contributed by atoms with Gasteiger partial charge in [-0.05, 0) is 41.8 Å². The molecule has 1 heterocycles. The highest BCUT2D eigenvalue weighted by molar-refractivity contribution is 6.30. The van der Waals surface area contributed by atoms with E-state index in [9.17, 15) is 9.59 Å². The lowest BCUT2D eigenvalue weighted by atomic mass is 10.2. The van der Waals surface area contributed by atoms with Crippen molar-refractivity contribution in [1.29, 1.82) is 0 Å². The number of halogens is 1. The minimum atomic E-state index is -0.286. The maximum absolute atomic E-state index is 12.1. The van der Waals surface area contributed by atoms with E-state index in [0.717, 1.165) is 17.5 Å². The van der Waals surface area contributed by atoms with Gasteiger partial charge in [-0.2, -0.15) is 0 Å². The van der Waals surface area contributed by atoms with Gasteiger partial charge in [0.05, 0.1) is 0 Å². The van der Waals surface area contributed by atoms with Crippen LogP contribution < -0.4 is 5.32 Å². The van der Waals surface area contributed by atoms with Gasteiger partial charge in [-0.3, -0.25) is 14.6 Å². The van der Waals surface area contributed by atoms with Crippen LogP contribution >= 0.6 is 11.6 Å². The fourth-order valence-corrected chi connectivity index (χ4v) is 2.23. The highest BCUT2D eigenvalue weighted by atomic mass is 35.5. The van der Waals surface area contributed by atoms with E-state index in [4.69, 9.17) is 11.6 Å². The van der Waals surface area contributed by atoms with E-state index in [1.54, 1.807) is 36.5 Å². The van der Waals surface area contributed by atoms with E-state index in [1.807, 2.05) is 24.3 Å². The number of rotatable bonds is 7. The molecule has 0 spiro atoms.